The Morgan fingerprint density at radius 1 is 1.22 bits per heavy atom. The molecule has 0 unspecified atom stereocenters. The fourth-order valence-corrected chi connectivity index (χ4v) is 3.31. The lowest BCUT2D eigenvalue weighted by Crippen LogP contribution is -2.38. The maximum absolute atomic E-state index is 13.6. The molecule has 6 nitrogen and oxygen atoms in total. The highest BCUT2D eigenvalue weighted by molar-refractivity contribution is 5.50. The lowest BCUT2D eigenvalue weighted by Gasteiger charge is -2.34. The number of hydrogen-bond donors (Lipinski definition) is 0. The Hall–Kier alpha value is -2.84. The minimum atomic E-state index is -2.57. The van der Waals surface area contributed by atoms with E-state index < -0.39 is 11.7 Å². The lowest BCUT2D eigenvalue weighted by molar-refractivity contribution is -0.114. The highest BCUT2D eigenvalue weighted by atomic mass is 19.3. The number of halogens is 3. The molecule has 0 amide bonds. The van der Waals surface area contributed by atoms with Gasteiger partial charge in [0.2, 0.25) is 5.92 Å². The predicted octanol–water partition coefficient (Wildman–Crippen LogP) is 3.63. The van der Waals surface area contributed by atoms with Crippen LogP contribution in [0, 0.1) is 18.7 Å². The number of rotatable bonds is 5. The van der Waals surface area contributed by atoms with Crippen molar-refractivity contribution in [1.82, 2.24) is 24.5 Å². The van der Waals surface area contributed by atoms with Crippen LogP contribution >= 0.6 is 0 Å². The molecular weight excluding hydrogens is 359 g/mol. The highest BCUT2D eigenvalue weighted by Crippen LogP contribution is 2.43. The number of nitrogens with zero attached hydrogens (tertiary/aromatic N) is 5. The summed E-state index contributed by atoms with van der Waals surface area (Å²) in [5.41, 5.74) is 1.19. The van der Waals surface area contributed by atoms with Gasteiger partial charge in [0.15, 0.2) is 17.4 Å². The first kappa shape index (κ1) is 17.6. The van der Waals surface area contributed by atoms with E-state index in [1.54, 1.807) is 40.7 Å². The molecule has 0 aliphatic heterocycles. The van der Waals surface area contributed by atoms with E-state index in [2.05, 4.69) is 15.2 Å². The molecule has 27 heavy (non-hydrogen) atoms. The van der Waals surface area contributed by atoms with Crippen LogP contribution in [0.5, 0.6) is 5.75 Å². The summed E-state index contributed by atoms with van der Waals surface area (Å²) in [6, 6.07) is 6.18. The van der Waals surface area contributed by atoms with E-state index in [-0.39, 0.29) is 24.5 Å². The van der Waals surface area contributed by atoms with Crippen molar-refractivity contribution in [2.75, 3.05) is 7.11 Å². The molecule has 0 saturated heterocycles. The van der Waals surface area contributed by atoms with E-state index >= 15 is 0 Å². The molecule has 0 bridgehead atoms. The molecule has 1 saturated carbocycles. The third kappa shape index (κ3) is 3.41. The topological polar surface area (TPSA) is 57.8 Å². The Balaban J connectivity index is 1.60. The number of benzene rings is 1. The summed E-state index contributed by atoms with van der Waals surface area (Å²) in [4.78, 5) is 4.39. The van der Waals surface area contributed by atoms with Gasteiger partial charge in [-0.15, -0.1) is 0 Å². The second-order valence-corrected chi connectivity index (χ2v) is 6.76. The SMILES string of the molecule is COc1cc(-n2ccc(-c3nc(C)nn3CC3CC(F)(F)C3)n2)ccc1F. The van der Waals surface area contributed by atoms with Gasteiger partial charge in [-0.25, -0.2) is 27.5 Å². The van der Waals surface area contributed by atoms with Crippen LogP contribution in [-0.4, -0.2) is 37.6 Å². The molecule has 3 aromatic rings. The summed E-state index contributed by atoms with van der Waals surface area (Å²) in [5.74, 6) is -1.95. The molecule has 4 rings (SSSR count). The lowest BCUT2D eigenvalue weighted by atomic mass is 9.81. The number of alkyl halides is 2. The summed E-state index contributed by atoms with van der Waals surface area (Å²) in [6.07, 6.45) is 1.46. The minimum Gasteiger partial charge on any atom is -0.494 e. The fraction of sp³-hybridized carbons (Fsp3) is 0.389. The van der Waals surface area contributed by atoms with Crippen LogP contribution in [0.25, 0.3) is 17.2 Å². The van der Waals surface area contributed by atoms with Gasteiger partial charge in [-0.1, -0.05) is 0 Å². The fourth-order valence-electron chi connectivity index (χ4n) is 3.31. The molecule has 0 spiro atoms. The van der Waals surface area contributed by atoms with E-state index in [0.717, 1.165) is 0 Å². The molecular formula is C18H18F3N5O. The molecule has 1 aliphatic carbocycles. The van der Waals surface area contributed by atoms with Gasteiger partial charge in [0.25, 0.3) is 0 Å². The first-order chi connectivity index (χ1) is 12.8. The molecule has 0 radical (unpaired) electrons. The molecule has 1 aromatic carbocycles. The second-order valence-electron chi connectivity index (χ2n) is 6.76. The van der Waals surface area contributed by atoms with Crippen molar-refractivity contribution < 1.29 is 17.9 Å². The monoisotopic (exact) mass is 377 g/mol. The van der Waals surface area contributed by atoms with Crippen LogP contribution in [0.2, 0.25) is 0 Å². The number of methoxy groups -OCH3 is 1. The normalized spacial score (nSPS) is 16.3. The van der Waals surface area contributed by atoms with Crippen molar-refractivity contribution >= 4 is 0 Å². The van der Waals surface area contributed by atoms with Crippen LogP contribution in [-0.2, 0) is 6.54 Å². The van der Waals surface area contributed by atoms with Gasteiger partial charge in [0, 0.05) is 31.6 Å². The number of aryl methyl sites for hydroxylation is 1. The number of hydrogen-bond acceptors (Lipinski definition) is 4. The Labute approximate surface area is 153 Å². The first-order valence-corrected chi connectivity index (χ1v) is 8.54. The van der Waals surface area contributed by atoms with E-state index in [4.69, 9.17) is 4.74 Å². The summed E-state index contributed by atoms with van der Waals surface area (Å²) in [5, 5.41) is 8.80. The zero-order valence-corrected chi connectivity index (χ0v) is 14.9. The maximum Gasteiger partial charge on any atom is 0.248 e. The van der Waals surface area contributed by atoms with Gasteiger partial charge in [-0.3, -0.25) is 0 Å². The molecule has 2 aromatic heterocycles. The minimum absolute atomic E-state index is 0.120. The average Bonchev–Trinajstić information content (AvgIpc) is 3.20. The first-order valence-electron chi connectivity index (χ1n) is 8.54. The molecule has 0 atom stereocenters. The van der Waals surface area contributed by atoms with Crippen LogP contribution in [0.3, 0.4) is 0 Å². The Morgan fingerprint density at radius 3 is 2.70 bits per heavy atom. The molecule has 9 heteroatoms. The van der Waals surface area contributed by atoms with Gasteiger partial charge in [-0.2, -0.15) is 10.2 Å². The highest BCUT2D eigenvalue weighted by Gasteiger charge is 2.45. The van der Waals surface area contributed by atoms with Gasteiger partial charge >= 0.3 is 0 Å². The van der Waals surface area contributed by atoms with Gasteiger partial charge in [-0.05, 0) is 31.0 Å². The van der Waals surface area contributed by atoms with Crippen molar-refractivity contribution in [3.8, 4) is 23.0 Å². The number of aromatic nitrogens is 5. The predicted molar refractivity (Wildman–Crippen MR) is 91.5 cm³/mol. The van der Waals surface area contributed by atoms with E-state index in [1.165, 1.54) is 13.2 Å². The molecule has 0 N–H and O–H groups in total. The second kappa shape index (κ2) is 6.40. The van der Waals surface area contributed by atoms with E-state index in [9.17, 15) is 13.2 Å². The van der Waals surface area contributed by atoms with Gasteiger partial charge in [0.1, 0.15) is 11.5 Å². The quantitative estimate of drug-likeness (QED) is 0.681. The van der Waals surface area contributed by atoms with Crippen LogP contribution in [0.4, 0.5) is 13.2 Å². The van der Waals surface area contributed by atoms with Crippen molar-refractivity contribution in [2.24, 2.45) is 5.92 Å². The molecule has 1 aliphatic rings. The van der Waals surface area contributed by atoms with Crippen molar-refractivity contribution in [3.05, 3.63) is 42.1 Å². The summed E-state index contributed by atoms with van der Waals surface area (Å²) >= 11 is 0. The van der Waals surface area contributed by atoms with Crippen molar-refractivity contribution in [1.29, 1.82) is 0 Å². The summed E-state index contributed by atoms with van der Waals surface area (Å²) in [7, 11) is 1.39. The standard InChI is InChI=1S/C18H18F3N5O/c1-11-22-17(26(23-11)10-12-8-18(20,21)9-12)15-5-6-25(24-15)13-3-4-14(19)16(7-13)27-2/h3-7,12H,8-10H2,1-2H3. The van der Waals surface area contributed by atoms with Crippen molar-refractivity contribution in [3.63, 3.8) is 0 Å². The zero-order chi connectivity index (χ0) is 19.2. The molecule has 2 heterocycles. The third-order valence-electron chi connectivity index (χ3n) is 4.60. The van der Waals surface area contributed by atoms with Crippen LogP contribution in [0.15, 0.2) is 30.5 Å². The summed E-state index contributed by atoms with van der Waals surface area (Å²) < 4.78 is 48.0. The largest absolute Gasteiger partial charge is 0.494 e. The average molecular weight is 377 g/mol. The molecule has 142 valence electrons. The zero-order valence-electron chi connectivity index (χ0n) is 14.9. The van der Waals surface area contributed by atoms with Crippen LogP contribution < -0.4 is 4.74 Å². The Kier molecular flexibility index (Phi) is 4.16. The van der Waals surface area contributed by atoms with Crippen molar-refractivity contribution in [2.45, 2.75) is 32.2 Å². The van der Waals surface area contributed by atoms with Gasteiger partial charge in [0.05, 0.1) is 12.8 Å². The number of ether oxygens (including phenoxy) is 1. The summed E-state index contributed by atoms with van der Waals surface area (Å²) in [6.45, 7) is 2.13. The third-order valence-corrected chi connectivity index (χ3v) is 4.60. The smallest absolute Gasteiger partial charge is 0.248 e. The molecule has 1 fully saturated rings. The van der Waals surface area contributed by atoms with E-state index in [1.807, 2.05) is 0 Å². The maximum atomic E-state index is 13.6. The van der Waals surface area contributed by atoms with Crippen LogP contribution in [0.1, 0.15) is 18.7 Å². The Bertz CT molecular complexity index is 973. The van der Waals surface area contributed by atoms with E-state index in [0.29, 0.717) is 29.6 Å². The Morgan fingerprint density at radius 2 is 2.00 bits per heavy atom. The van der Waals surface area contributed by atoms with Gasteiger partial charge < -0.3 is 4.74 Å².